The first kappa shape index (κ1) is 15.2. The molecule has 4 N–H and O–H groups in total. The van der Waals surface area contributed by atoms with E-state index in [2.05, 4.69) is 30.6 Å². The summed E-state index contributed by atoms with van der Waals surface area (Å²) in [6.07, 6.45) is 0. The monoisotopic (exact) mass is 356 g/mol. The molecule has 10 nitrogen and oxygen atoms in total. The molecular weight excluding hydrogens is 346 g/mol. The third-order valence-corrected chi connectivity index (χ3v) is 4.54. The van der Waals surface area contributed by atoms with Crippen LogP contribution in [-0.4, -0.2) is 28.8 Å². The van der Waals surface area contributed by atoms with Crippen molar-refractivity contribution in [3.05, 3.63) is 46.8 Å². The Labute approximate surface area is 139 Å². The number of sulfonamides is 1. The van der Waals surface area contributed by atoms with Crippen LogP contribution in [0.5, 0.6) is 0 Å². The molecule has 4 aromatic rings. The number of hydrogen-bond acceptors (Lipinski definition) is 6. The fourth-order valence-electron chi connectivity index (χ4n) is 2.49. The van der Waals surface area contributed by atoms with Crippen LogP contribution in [0.1, 0.15) is 0 Å². The highest BCUT2D eigenvalue weighted by Crippen LogP contribution is 2.29. The smallest absolute Gasteiger partial charge is 0.276 e. The van der Waals surface area contributed by atoms with Crippen LogP contribution >= 0.6 is 0 Å². The van der Waals surface area contributed by atoms with E-state index < -0.39 is 15.6 Å². The van der Waals surface area contributed by atoms with Gasteiger partial charge in [-0.25, -0.2) is 13.6 Å². The van der Waals surface area contributed by atoms with E-state index in [-0.39, 0.29) is 10.6 Å². The summed E-state index contributed by atoms with van der Waals surface area (Å²) in [5.74, 6) is 0. The lowest BCUT2D eigenvalue weighted by molar-refractivity contribution is 0.596. The fourth-order valence-corrected chi connectivity index (χ4v) is 2.98. The molecule has 0 aliphatic rings. The summed E-state index contributed by atoms with van der Waals surface area (Å²) < 4.78 is 22.3. The van der Waals surface area contributed by atoms with Gasteiger partial charge in [0.15, 0.2) is 5.69 Å². The molecule has 0 saturated carbocycles. The summed E-state index contributed by atoms with van der Waals surface area (Å²) in [5, 5.41) is 25.1. The first-order valence-electron chi connectivity index (χ1n) is 7.02. The maximum Gasteiger partial charge on any atom is 0.276 e. The van der Waals surface area contributed by atoms with Crippen molar-refractivity contribution in [2.75, 3.05) is 0 Å². The molecule has 0 atom stereocenters. The molecule has 0 fully saturated rings. The number of rotatable bonds is 3. The Morgan fingerprint density at radius 1 is 1.00 bits per heavy atom. The summed E-state index contributed by atoms with van der Waals surface area (Å²) in [6, 6.07) is 8.83. The molecule has 0 aliphatic heterocycles. The first-order valence-corrected chi connectivity index (χ1v) is 8.51. The van der Waals surface area contributed by atoms with Crippen molar-refractivity contribution in [2.45, 2.75) is 4.90 Å². The number of H-pyrrole nitrogens is 3. The Hall–Kier alpha value is -3.31. The van der Waals surface area contributed by atoms with Crippen molar-refractivity contribution in [3.63, 3.8) is 0 Å². The van der Waals surface area contributed by atoms with Crippen LogP contribution in [-0.2, 0) is 10.0 Å². The Kier molecular flexibility index (Phi) is 3.26. The quantitative estimate of drug-likeness (QED) is 0.480. The maximum atomic E-state index is 12.1. The summed E-state index contributed by atoms with van der Waals surface area (Å²) >= 11 is 0. The third-order valence-electron chi connectivity index (χ3n) is 3.65. The van der Waals surface area contributed by atoms with E-state index in [1.165, 1.54) is 24.3 Å². The van der Waals surface area contributed by atoms with Gasteiger partial charge in [-0.05, 0) is 36.4 Å². The minimum atomic E-state index is -4.02. The molecule has 0 aliphatic carbocycles. The summed E-state index contributed by atoms with van der Waals surface area (Å²) in [6.45, 7) is 0. The zero-order valence-electron chi connectivity index (χ0n) is 12.4. The van der Waals surface area contributed by atoms with Gasteiger partial charge in [-0.2, -0.15) is 10.2 Å². The van der Waals surface area contributed by atoms with Gasteiger partial charge in [0.1, 0.15) is 5.52 Å². The second-order valence-electron chi connectivity index (χ2n) is 5.23. The lowest BCUT2D eigenvalue weighted by Crippen LogP contribution is -1.99. The standard InChI is InChI=1S/C14H10N7O3S/c15-25(23,24)8-3-1-7(2-4-8)17-19-13-11-9(16-14(13)22)5-6-10-12(11)20-21-18-10/h1-6,15,18,21H,(H,16,22). The fraction of sp³-hybridized carbons (Fsp3) is 0. The zero-order valence-corrected chi connectivity index (χ0v) is 13.3. The van der Waals surface area contributed by atoms with Crippen molar-refractivity contribution in [2.24, 2.45) is 10.2 Å². The molecule has 2 heterocycles. The Morgan fingerprint density at radius 2 is 1.72 bits per heavy atom. The highest BCUT2D eigenvalue weighted by atomic mass is 32.2. The molecule has 25 heavy (non-hydrogen) atoms. The zero-order chi connectivity index (χ0) is 17.6. The van der Waals surface area contributed by atoms with Crippen molar-refractivity contribution < 1.29 is 8.42 Å². The molecule has 0 saturated heterocycles. The molecule has 4 rings (SSSR count). The van der Waals surface area contributed by atoms with Crippen molar-refractivity contribution >= 4 is 43.3 Å². The van der Waals surface area contributed by atoms with Gasteiger partial charge in [-0.15, -0.1) is 10.3 Å². The van der Waals surface area contributed by atoms with Gasteiger partial charge in [0.25, 0.3) is 15.6 Å². The highest BCUT2D eigenvalue weighted by molar-refractivity contribution is 7.88. The second-order valence-corrected chi connectivity index (χ2v) is 6.71. The Morgan fingerprint density at radius 3 is 2.44 bits per heavy atom. The average Bonchev–Trinajstić information content (AvgIpc) is 3.15. The highest BCUT2D eigenvalue weighted by Gasteiger charge is 2.14. The first-order chi connectivity index (χ1) is 11.9. The number of fused-ring (bicyclic) bond motifs is 3. The van der Waals surface area contributed by atoms with Gasteiger partial charge in [0.05, 0.1) is 27.0 Å². The van der Waals surface area contributed by atoms with E-state index in [1.807, 2.05) is 0 Å². The van der Waals surface area contributed by atoms with E-state index in [4.69, 9.17) is 5.14 Å². The number of nitrogens with zero attached hydrogens (tertiary/aromatic N) is 3. The summed E-state index contributed by atoms with van der Waals surface area (Å²) in [5.41, 5.74) is 1.91. The number of aromatic amines is 3. The molecule has 0 spiro atoms. The van der Waals surface area contributed by atoms with Crippen LogP contribution in [0.15, 0.2) is 56.3 Å². The molecule has 0 unspecified atom stereocenters. The van der Waals surface area contributed by atoms with Crippen molar-refractivity contribution in [3.8, 4) is 0 Å². The number of benzene rings is 2. The Balaban J connectivity index is 1.80. The van der Waals surface area contributed by atoms with Gasteiger partial charge in [-0.1, -0.05) is 0 Å². The van der Waals surface area contributed by atoms with Crippen molar-refractivity contribution in [1.29, 1.82) is 0 Å². The van der Waals surface area contributed by atoms with Crippen LogP contribution in [0.4, 0.5) is 11.4 Å². The minimum absolute atomic E-state index is 0.110. The van der Waals surface area contributed by atoms with E-state index in [9.17, 15) is 13.2 Å². The second kappa shape index (κ2) is 5.36. The molecule has 1 radical (unpaired) electrons. The topological polar surface area (TPSA) is 160 Å². The minimum Gasteiger partial charge on any atom is -0.320 e. The van der Waals surface area contributed by atoms with Crippen LogP contribution in [0.2, 0.25) is 0 Å². The van der Waals surface area contributed by atoms with E-state index in [0.29, 0.717) is 27.6 Å². The lowest BCUT2D eigenvalue weighted by atomic mass is 10.2. The molecule has 0 amide bonds. The van der Waals surface area contributed by atoms with Gasteiger partial charge in [0.2, 0.25) is 0 Å². The largest absolute Gasteiger partial charge is 0.320 e. The van der Waals surface area contributed by atoms with Crippen LogP contribution in [0, 0.1) is 0 Å². The van der Waals surface area contributed by atoms with Crippen LogP contribution < -0.4 is 10.7 Å². The number of nitrogens with one attached hydrogen (secondary N) is 4. The number of aromatic nitrogens is 4. The third kappa shape index (κ3) is 2.60. The Bertz CT molecular complexity index is 1280. The molecule has 2 aromatic carbocycles. The maximum absolute atomic E-state index is 12.1. The SMILES string of the molecule is [NH]S(=O)(=O)c1ccc(N=Nc2c(=O)[nH]c3ccc4[nH][nH]nc4c23)cc1. The van der Waals surface area contributed by atoms with Gasteiger partial charge >= 0.3 is 0 Å². The van der Waals surface area contributed by atoms with Crippen LogP contribution in [0.3, 0.4) is 0 Å². The normalized spacial score (nSPS) is 12.5. The van der Waals surface area contributed by atoms with E-state index >= 15 is 0 Å². The number of azo groups is 1. The summed E-state index contributed by atoms with van der Waals surface area (Å²) in [7, 11) is -4.02. The van der Waals surface area contributed by atoms with E-state index in [0.717, 1.165) is 0 Å². The molecule has 0 bridgehead atoms. The van der Waals surface area contributed by atoms with Crippen LogP contribution in [0.25, 0.3) is 21.9 Å². The van der Waals surface area contributed by atoms with Gasteiger partial charge < -0.3 is 4.98 Å². The molecule has 2 aromatic heterocycles. The predicted octanol–water partition coefficient (Wildman–Crippen LogP) is 2.12. The number of hydrogen-bond donors (Lipinski definition) is 3. The molecular formula is C14H10N7O3S. The average molecular weight is 356 g/mol. The van der Waals surface area contributed by atoms with Gasteiger partial charge in [-0.3, -0.25) is 9.89 Å². The molecule has 11 heteroatoms. The van der Waals surface area contributed by atoms with Gasteiger partial charge in [0, 0.05) is 0 Å². The van der Waals surface area contributed by atoms with E-state index in [1.54, 1.807) is 12.1 Å². The van der Waals surface area contributed by atoms with Crippen molar-refractivity contribution in [1.82, 2.24) is 25.5 Å². The summed E-state index contributed by atoms with van der Waals surface area (Å²) in [4.78, 5) is 14.7. The molecule has 125 valence electrons. The predicted molar refractivity (Wildman–Crippen MR) is 89.5 cm³/mol. The lowest BCUT2D eigenvalue weighted by Gasteiger charge is -1.97.